The third kappa shape index (κ3) is 5.60. The first-order chi connectivity index (χ1) is 11.3. The number of nitrogens with zero attached hydrogens (tertiary/aromatic N) is 1. The lowest BCUT2D eigenvalue weighted by Gasteiger charge is -2.34. The number of hydrogen-bond acceptors (Lipinski definition) is 3. The van der Waals surface area contributed by atoms with Gasteiger partial charge in [0.05, 0.1) is 18.8 Å². The van der Waals surface area contributed by atoms with Crippen molar-refractivity contribution < 1.29 is 9.84 Å². The largest absolute Gasteiger partial charge is 0.386 e. The highest BCUT2D eigenvalue weighted by atomic mass is 35.5. The van der Waals surface area contributed by atoms with Crippen molar-refractivity contribution in [3.63, 3.8) is 0 Å². The van der Waals surface area contributed by atoms with Crippen LogP contribution in [0.5, 0.6) is 0 Å². The van der Waals surface area contributed by atoms with Gasteiger partial charge in [-0.2, -0.15) is 0 Å². The molecule has 0 spiro atoms. The first-order valence-electron chi connectivity index (χ1n) is 8.37. The highest BCUT2D eigenvalue weighted by molar-refractivity contribution is 5.85. The van der Waals surface area contributed by atoms with E-state index in [0.29, 0.717) is 6.61 Å². The normalized spacial score (nSPS) is 13.3. The highest BCUT2D eigenvalue weighted by Crippen LogP contribution is 2.33. The van der Waals surface area contributed by atoms with Crippen LogP contribution in [0.3, 0.4) is 0 Å². The molecule has 0 fully saturated rings. The smallest absolute Gasteiger partial charge is 0.0986 e. The molecule has 2 rings (SSSR count). The third-order valence-corrected chi connectivity index (χ3v) is 4.11. The number of halogens is 1. The van der Waals surface area contributed by atoms with Crippen molar-refractivity contribution >= 4 is 12.4 Å². The fraction of sp³-hybridized carbons (Fsp3) is 0.400. The Morgan fingerprint density at radius 2 is 1.46 bits per heavy atom. The third-order valence-electron chi connectivity index (χ3n) is 4.11. The topological polar surface area (TPSA) is 32.7 Å². The van der Waals surface area contributed by atoms with Crippen molar-refractivity contribution in [3.05, 3.63) is 71.8 Å². The average molecular weight is 350 g/mol. The zero-order valence-electron chi connectivity index (χ0n) is 14.5. The number of likely N-dealkylation sites (N-methyl/N-ethyl adjacent to an activating group) is 1. The van der Waals surface area contributed by atoms with Crippen molar-refractivity contribution in [3.8, 4) is 0 Å². The van der Waals surface area contributed by atoms with E-state index < -0.39 is 6.10 Å². The summed E-state index contributed by atoms with van der Waals surface area (Å²) in [5, 5.41) is 11.0. The van der Waals surface area contributed by atoms with Gasteiger partial charge in [-0.1, -0.05) is 67.6 Å². The first-order valence-corrected chi connectivity index (χ1v) is 8.37. The number of rotatable bonds is 9. The minimum absolute atomic E-state index is 0. The van der Waals surface area contributed by atoms with Gasteiger partial charge in [0.2, 0.25) is 0 Å². The Morgan fingerprint density at radius 3 is 1.96 bits per heavy atom. The molecule has 2 aromatic rings. The predicted octanol–water partition coefficient (Wildman–Crippen LogP) is 4.24. The summed E-state index contributed by atoms with van der Waals surface area (Å²) >= 11 is 0. The minimum atomic E-state index is -0.569. The average Bonchev–Trinajstić information content (AvgIpc) is 2.62. The van der Waals surface area contributed by atoms with Gasteiger partial charge in [0.15, 0.2) is 0 Å². The van der Waals surface area contributed by atoms with Gasteiger partial charge in [0.25, 0.3) is 0 Å². The Morgan fingerprint density at radius 1 is 0.917 bits per heavy atom. The molecule has 1 N–H and O–H groups in total. The van der Waals surface area contributed by atoms with Gasteiger partial charge in [-0.3, -0.25) is 4.90 Å². The summed E-state index contributed by atoms with van der Waals surface area (Å²) in [7, 11) is 0. The maximum Gasteiger partial charge on any atom is 0.0986 e. The summed E-state index contributed by atoms with van der Waals surface area (Å²) in [6.45, 7) is 7.18. The highest BCUT2D eigenvalue weighted by Gasteiger charge is 2.27. The molecule has 0 radical (unpaired) electrons. The van der Waals surface area contributed by atoms with Gasteiger partial charge in [-0.15, -0.1) is 12.4 Å². The molecule has 0 aliphatic carbocycles. The van der Waals surface area contributed by atoms with E-state index in [4.69, 9.17) is 4.74 Å². The van der Waals surface area contributed by atoms with E-state index in [9.17, 15) is 5.11 Å². The predicted molar refractivity (Wildman–Crippen MR) is 102 cm³/mol. The van der Waals surface area contributed by atoms with Crippen molar-refractivity contribution in [1.82, 2.24) is 4.90 Å². The number of aliphatic hydroxyl groups is 1. The second-order valence-electron chi connectivity index (χ2n) is 5.54. The second-order valence-corrected chi connectivity index (χ2v) is 5.54. The maximum atomic E-state index is 11.0. The SMILES string of the molecule is CCOCCN(CC)C(c1ccccc1)C(O)c1ccccc1.Cl. The maximum absolute atomic E-state index is 11.0. The molecule has 0 saturated heterocycles. The number of aliphatic hydroxyl groups excluding tert-OH is 1. The lowest BCUT2D eigenvalue weighted by Crippen LogP contribution is -2.35. The van der Waals surface area contributed by atoms with Crippen LogP contribution >= 0.6 is 12.4 Å². The molecule has 0 amide bonds. The van der Waals surface area contributed by atoms with Crippen LogP contribution in [0.1, 0.15) is 37.1 Å². The van der Waals surface area contributed by atoms with Crippen LogP contribution in [0, 0.1) is 0 Å². The van der Waals surface area contributed by atoms with E-state index >= 15 is 0 Å². The van der Waals surface area contributed by atoms with Gasteiger partial charge >= 0.3 is 0 Å². The van der Waals surface area contributed by atoms with E-state index in [1.165, 1.54) is 0 Å². The molecule has 3 nitrogen and oxygen atoms in total. The molecule has 0 bridgehead atoms. The molecule has 2 aromatic carbocycles. The summed E-state index contributed by atoms with van der Waals surface area (Å²) in [4.78, 5) is 2.28. The van der Waals surface area contributed by atoms with E-state index in [1.807, 2.05) is 55.5 Å². The van der Waals surface area contributed by atoms with Gasteiger partial charge in [0.1, 0.15) is 0 Å². The zero-order chi connectivity index (χ0) is 16.5. The molecule has 0 saturated carbocycles. The molecule has 0 heterocycles. The van der Waals surface area contributed by atoms with Crippen molar-refractivity contribution in [2.75, 3.05) is 26.3 Å². The van der Waals surface area contributed by atoms with Gasteiger partial charge in [-0.25, -0.2) is 0 Å². The van der Waals surface area contributed by atoms with Crippen molar-refractivity contribution in [2.24, 2.45) is 0 Å². The van der Waals surface area contributed by atoms with Crippen LogP contribution in [-0.4, -0.2) is 36.3 Å². The molecule has 24 heavy (non-hydrogen) atoms. The molecule has 132 valence electrons. The van der Waals surface area contributed by atoms with Crippen LogP contribution in [-0.2, 0) is 4.74 Å². The summed E-state index contributed by atoms with van der Waals surface area (Å²) in [5.74, 6) is 0. The van der Waals surface area contributed by atoms with Crippen LogP contribution in [0.25, 0.3) is 0 Å². The summed E-state index contributed by atoms with van der Waals surface area (Å²) in [6, 6.07) is 20.0. The second kappa shape index (κ2) is 11.2. The Kier molecular flexibility index (Phi) is 9.65. The lowest BCUT2D eigenvalue weighted by molar-refractivity contribution is 0.0289. The Balaban J connectivity index is 0.00000288. The van der Waals surface area contributed by atoms with E-state index in [0.717, 1.165) is 30.8 Å². The molecule has 0 aromatic heterocycles. The summed E-state index contributed by atoms with van der Waals surface area (Å²) in [6.07, 6.45) is -0.569. The zero-order valence-corrected chi connectivity index (χ0v) is 15.3. The first kappa shape index (κ1) is 20.7. The van der Waals surface area contributed by atoms with Gasteiger partial charge < -0.3 is 9.84 Å². The summed E-state index contributed by atoms with van der Waals surface area (Å²) in [5.41, 5.74) is 2.07. The Labute approximate surface area is 151 Å². The van der Waals surface area contributed by atoms with Crippen LogP contribution in [0.15, 0.2) is 60.7 Å². The number of ether oxygens (including phenoxy) is 1. The lowest BCUT2D eigenvalue weighted by atomic mass is 9.94. The van der Waals surface area contributed by atoms with Crippen LogP contribution in [0.4, 0.5) is 0 Å². The molecule has 0 aliphatic rings. The van der Waals surface area contributed by atoms with Crippen LogP contribution < -0.4 is 0 Å². The summed E-state index contributed by atoms with van der Waals surface area (Å²) < 4.78 is 5.51. The quantitative estimate of drug-likeness (QED) is 0.687. The Hall–Kier alpha value is -1.39. The van der Waals surface area contributed by atoms with Gasteiger partial charge in [0, 0.05) is 13.2 Å². The fourth-order valence-electron chi connectivity index (χ4n) is 2.90. The van der Waals surface area contributed by atoms with Crippen LogP contribution in [0.2, 0.25) is 0 Å². The van der Waals surface area contributed by atoms with E-state index in [-0.39, 0.29) is 18.4 Å². The number of hydrogen-bond donors (Lipinski definition) is 1. The molecule has 4 heteroatoms. The molecule has 2 atom stereocenters. The molecular formula is C20H28ClNO2. The molecular weight excluding hydrogens is 322 g/mol. The monoisotopic (exact) mass is 349 g/mol. The van der Waals surface area contributed by atoms with E-state index in [1.54, 1.807) is 0 Å². The minimum Gasteiger partial charge on any atom is -0.386 e. The van der Waals surface area contributed by atoms with Crippen molar-refractivity contribution in [1.29, 1.82) is 0 Å². The van der Waals surface area contributed by atoms with E-state index in [2.05, 4.69) is 24.0 Å². The fourth-order valence-corrected chi connectivity index (χ4v) is 2.90. The number of benzene rings is 2. The Bertz CT molecular complexity index is 550. The molecule has 0 aliphatic heterocycles. The van der Waals surface area contributed by atoms with Crippen molar-refractivity contribution in [2.45, 2.75) is 26.0 Å². The van der Waals surface area contributed by atoms with Gasteiger partial charge in [-0.05, 0) is 24.6 Å². The standard InChI is InChI=1S/C20H27NO2.ClH/c1-3-21(15-16-23-4-2)19(17-11-7-5-8-12-17)20(22)18-13-9-6-10-14-18;/h5-14,19-20,22H,3-4,15-16H2,1-2H3;1H. The molecule has 2 unspecified atom stereocenters.